The number of nitrogens with zero attached hydrogens (tertiary/aromatic N) is 2. The molecule has 0 atom stereocenters. The zero-order valence-electron chi connectivity index (χ0n) is 16.5. The van der Waals surface area contributed by atoms with E-state index in [-0.39, 0.29) is 11.7 Å². The number of thioether (sulfide) groups is 1. The molecule has 6 heteroatoms. The van der Waals surface area contributed by atoms with Crippen molar-refractivity contribution in [2.24, 2.45) is 0 Å². The summed E-state index contributed by atoms with van der Waals surface area (Å²) in [5.74, 6) is 1.46. The van der Waals surface area contributed by atoms with Crippen LogP contribution in [-0.2, 0) is 4.79 Å². The summed E-state index contributed by atoms with van der Waals surface area (Å²) in [6.45, 7) is 5.77. The number of nitriles is 1. The van der Waals surface area contributed by atoms with Crippen LogP contribution in [0.25, 0.3) is 0 Å². The van der Waals surface area contributed by atoms with E-state index in [9.17, 15) is 10.1 Å². The molecule has 0 aliphatic rings. The Kier molecular flexibility index (Phi) is 6.53. The number of rotatable bonds is 6. The van der Waals surface area contributed by atoms with Crippen LogP contribution in [0.5, 0.6) is 11.5 Å². The van der Waals surface area contributed by atoms with E-state index >= 15 is 0 Å². The van der Waals surface area contributed by atoms with Gasteiger partial charge in [0.25, 0.3) is 0 Å². The Labute approximate surface area is 174 Å². The minimum Gasteiger partial charge on any atom is -0.457 e. The second kappa shape index (κ2) is 9.26. The minimum absolute atomic E-state index is 0.159. The summed E-state index contributed by atoms with van der Waals surface area (Å²) < 4.78 is 5.75. The zero-order valence-corrected chi connectivity index (χ0v) is 17.3. The quantitative estimate of drug-likeness (QED) is 0.558. The van der Waals surface area contributed by atoms with Gasteiger partial charge in [-0.15, -0.1) is 0 Å². The number of para-hydroxylation sites is 1. The van der Waals surface area contributed by atoms with Gasteiger partial charge in [-0.05, 0) is 68.3 Å². The van der Waals surface area contributed by atoms with Gasteiger partial charge in [0, 0.05) is 11.4 Å². The van der Waals surface area contributed by atoms with Crippen molar-refractivity contribution in [2.45, 2.75) is 25.8 Å². The van der Waals surface area contributed by atoms with Crippen molar-refractivity contribution < 1.29 is 9.53 Å². The van der Waals surface area contributed by atoms with Crippen molar-refractivity contribution in [3.8, 4) is 17.6 Å². The molecule has 0 unspecified atom stereocenters. The highest BCUT2D eigenvalue weighted by atomic mass is 32.2. The predicted molar refractivity (Wildman–Crippen MR) is 115 cm³/mol. The molecular weight excluding hydrogens is 382 g/mol. The standard InChI is InChI=1S/C23H21N3O2S/c1-15-16(2)21(13-24)23(25-17(15)3)29-14-22(27)26-18-9-11-20(12-10-18)28-19-7-5-4-6-8-19/h4-12H,14H2,1-3H3,(H,26,27). The number of carbonyl (C=O) groups is 1. The Hall–Kier alpha value is -3.30. The van der Waals surface area contributed by atoms with Gasteiger partial charge >= 0.3 is 0 Å². The first-order chi connectivity index (χ1) is 14.0. The number of benzene rings is 2. The van der Waals surface area contributed by atoms with E-state index in [1.807, 2.05) is 51.1 Å². The molecule has 1 amide bonds. The van der Waals surface area contributed by atoms with Crippen LogP contribution in [0.1, 0.15) is 22.4 Å². The van der Waals surface area contributed by atoms with Gasteiger partial charge in [-0.3, -0.25) is 4.79 Å². The molecule has 2 aromatic carbocycles. The first kappa shape index (κ1) is 20.4. The zero-order chi connectivity index (χ0) is 20.8. The molecule has 29 heavy (non-hydrogen) atoms. The van der Waals surface area contributed by atoms with E-state index in [0.29, 0.717) is 22.0 Å². The lowest BCUT2D eigenvalue weighted by Gasteiger charge is -2.11. The predicted octanol–water partition coefficient (Wildman–Crippen LogP) is 5.40. The summed E-state index contributed by atoms with van der Waals surface area (Å²) >= 11 is 1.27. The summed E-state index contributed by atoms with van der Waals surface area (Å²) in [5, 5.41) is 12.9. The Bertz CT molecular complexity index is 1060. The van der Waals surface area contributed by atoms with Crippen molar-refractivity contribution in [3.05, 3.63) is 77.0 Å². The molecule has 0 fully saturated rings. The van der Waals surface area contributed by atoms with E-state index in [1.165, 1.54) is 11.8 Å². The van der Waals surface area contributed by atoms with Crippen LogP contribution in [0.3, 0.4) is 0 Å². The highest BCUT2D eigenvalue weighted by molar-refractivity contribution is 8.00. The van der Waals surface area contributed by atoms with Gasteiger partial charge in [0.2, 0.25) is 5.91 Å². The molecule has 1 aromatic heterocycles. The molecule has 1 heterocycles. The van der Waals surface area contributed by atoms with Crippen molar-refractivity contribution >= 4 is 23.4 Å². The number of ether oxygens (including phenoxy) is 1. The number of carbonyl (C=O) groups excluding carboxylic acids is 1. The number of nitrogens with one attached hydrogen (secondary N) is 1. The van der Waals surface area contributed by atoms with Crippen LogP contribution >= 0.6 is 11.8 Å². The lowest BCUT2D eigenvalue weighted by molar-refractivity contribution is -0.113. The topological polar surface area (TPSA) is 75.0 Å². The van der Waals surface area contributed by atoms with E-state index in [0.717, 1.165) is 22.6 Å². The number of aromatic nitrogens is 1. The number of hydrogen-bond donors (Lipinski definition) is 1. The fraction of sp³-hybridized carbons (Fsp3) is 0.174. The largest absolute Gasteiger partial charge is 0.457 e. The average molecular weight is 404 g/mol. The smallest absolute Gasteiger partial charge is 0.234 e. The summed E-state index contributed by atoms with van der Waals surface area (Å²) in [5.41, 5.74) is 4.01. The highest BCUT2D eigenvalue weighted by Crippen LogP contribution is 2.27. The fourth-order valence-corrected chi connectivity index (χ4v) is 3.59. The molecular formula is C23H21N3O2S. The number of anilines is 1. The number of aryl methyl sites for hydroxylation is 1. The summed E-state index contributed by atoms with van der Waals surface area (Å²) in [6, 6.07) is 18.9. The van der Waals surface area contributed by atoms with Crippen molar-refractivity contribution in [3.63, 3.8) is 0 Å². The third-order valence-corrected chi connectivity index (χ3v) is 5.51. The molecule has 0 radical (unpaired) electrons. The second-order valence-electron chi connectivity index (χ2n) is 6.52. The van der Waals surface area contributed by atoms with Crippen LogP contribution in [0.15, 0.2) is 59.6 Å². The Morgan fingerprint density at radius 2 is 1.69 bits per heavy atom. The molecule has 3 aromatic rings. The maximum atomic E-state index is 12.3. The summed E-state index contributed by atoms with van der Waals surface area (Å²) in [6.07, 6.45) is 0. The Morgan fingerprint density at radius 1 is 1.03 bits per heavy atom. The average Bonchev–Trinajstić information content (AvgIpc) is 2.73. The van der Waals surface area contributed by atoms with Crippen LogP contribution in [-0.4, -0.2) is 16.6 Å². The summed E-state index contributed by atoms with van der Waals surface area (Å²) in [7, 11) is 0. The molecule has 3 rings (SSSR count). The maximum absolute atomic E-state index is 12.3. The molecule has 0 aliphatic heterocycles. The normalized spacial score (nSPS) is 10.3. The van der Waals surface area contributed by atoms with Gasteiger partial charge in [0.15, 0.2) is 0 Å². The lowest BCUT2D eigenvalue weighted by atomic mass is 10.1. The molecule has 146 valence electrons. The maximum Gasteiger partial charge on any atom is 0.234 e. The van der Waals surface area contributed by atoms with Crippen LogP contribution in [0.2, 0.25) is 0 Å². The molecule has 0 saturated carbocycles. The van der Waals surface area contributed by atoms with Gasteiger partial charge in [-0.25, -0.2) is 4.98 Å². The van der Waals surface area contributed by atoms with E-state index in [2.05, 4.69) is 16.4 Å². The molecule has 5 nitrogen and oxygen atoms in total. The molecule has 1 N–H and O–H groups in total. The third-order valence-electron chi connectivity index (χ3n) is 4.53. The van der Waals surface area contributed by atoms with Crippen molar-refractivity contribution in [2.75, 3.05) is 11.1 Å². The first-order valence-corrected chi connectivity index (χ1v) is 10.1. The SMILES string of the molecule is Cc1nc(SCC(=O)Nc2ccc(Oc3ccccc3)cc2)c(C#N)c(C)c1C. The molecule has 0 saturated heterocycles. The second-order valence-corrected chi connectivity index (χ2v) is 7.48. The van der Waals surface area contributed by atoms with Gasteiger partial charge in [-0.1, -0.05) is 30.0 Å². The minimum atomic E-state index is -0.159. The van der Waals surface area contributed by atoms with Gasteiger partial charge < -0.3 is 10.1 Å². The summed E-state index contributed by atoms with van der Waals surface area (Å²) in [4.78, 5) is 16.8. The fourth-order valence-electron chi connectivity index (χ4n) is 2.71. The van der Waals surface area contributed by atoms with Gasteiger partial charge in [0.1, 0.15) is 22.6 Å². The molecule has 0 bridgehead atoms. The van der Waals surface area contributed by atoms with Gasteiger partial charge in [-0.2, -0.15) is 5.26 Å². The number of pyridine rings is 1. The molecule has 0 spiro atoms. The highest BCUT2D eigenvalue weighted by Gasteiger charge is 2.14. The van der Waals surface area contributed by atoms with Crippen LogP contribution < -0.4 is 10.1 Å². The monoisotopic (exact) mass is 403 g/mol. The molecule has 0 aliphatic carbocycles. The van der Waals surface area contributed by atoms with Gasteiger partial charge in [0.05, 0.1) is 11.3 Å². The van der Waals surface area contributed by atoms with Crippen molar-refractivity contribution in [1.29, 1.82) is 5.26 Å². The first-order valence-electron chi connectivity index (χ1n) is 9.11. The Morgan fingerprint density at radius 3 is 2.34 bits per heavy atom. The Balaban J connectivity index is 1.60. The van der Waals surface area contributed by atoms with E-state index in [1.54, 1.807) is 24.3 Å². The number of hydrogen-bond acceptors (Lipinski definition) is 5. The lowest BCUT2D eigenvalue weighted by Crippen LogP contribution is -2.14. The van der Waals surface area contributed by atoms with Crippen molar-refractivity contribution in [1.82, 2.24) is 4.98 Å². The van der Waals surface area contributed by atoms with Crippen LogP contribution in [0.4, 0.5) is 5.69 Å². The number of amides is 1. The third kappa shape index (κ3) is 5.15. The van der Waals surface area contributed by atoms with Crippen LogP contribution in [0, 0.1) is 32.1 Å². The van der Waals surface area contributed by atoms with E-state index in [4.69, 9.17) is 4.74 Å². The van der Waals surface area contributed by atoms with E-state index < -0.39 is 0 Å².